The lowest BCUT2D eigenvalue weighted by Crippen LogP contribution is -2.13. The molecule has 0 amide bonds. The number of carbonyl (C=O) groups excluding carboxylic acids is 1. The van der Waals surface area contributed by atoms with Crippen LogP contribution in [0.15, 0.2) is 60.8 Å². The van der Waals surface area contributed by atoms with Crippen molar-refractivity contribution in [3.63, 3.8) is 0 Å². The first-order valence-electron chi connectivity index (χ1n) is 9.29. The number of carboxylic acid groups (broad SMARTS) is 1. The smallest absolute Gasteiger partial charge is 0.303 e. The highest BCUT2D eigenvalue weighted by molar-refractivity contribution is 5.94. The zero-order valence-electron chi connectivity index (χ0n) is 15.5. The van der Waals surface area contributed by atoms with Gasteiger partial charge >= 0.3 is 5.97 Å². The molecular formula is C22H30O4. The molecule has 0 fully saturated rings. The zero-order valence-corrected chi connectivity index (χ0v) is 15.5. The standard InChI is InChI=1S/C22H30O4/c1-2-20-18(15-17-21(20)24)14-16-19(23)12-10-8-6-4-3-5-7-9-11-13-22(25)26/h3-4,7-10,14-20,23H,2,5-6,11-13H2,1H3,(H,25,26)/b4-3-,9-7-,10-8-,16-14+/t18-,19-,20+/m1/s1. The molecule has 1 aliphatic rings. The third-order valence-electron chi connectivity index (χ3n) is 4.25. The molecule has 0 aromatic rings. The highest BCUT2D eigenvalue weighted by atomic mass is 16.4. The summed E-state index contributed by atoms with van der Waals surface area (Å²) >= 11 is 0. The topological polar surface area (TPSA) is 74.6 Å². The molecule has 0 bridgehead atoms. The SMILES string of the molecule is CC[C@@H]1C(=O)C=C[C@H]1/C=C/[C@H](O)C/C=C\C/C=C\C/C=C\CCC(=O)O. The molecule has 0 unspecified atom stereocenters. The van der Waals surface area contributed by atoms with Gasteiger partial charge < -0.3 is 10.2 Å². The number of allylic oxidation sites excluding steroid dienone is 8. The summed E-state index contributed by atoms with van der Waals surface area (Å²) in [6.07, 6.45) is 22.3. The number of carbonyl (C=O) groups is 2. The Morgan fingerprint density at radius 3 is 2.46 bits per heavy atom. The van der Waals surface area contributed by atoms with E-state index in [-0.39, 0.29) is 24.0 Å². The third-order valence-corrected chi connectivity index (χ3v) is 4.25. The average molecular weight is 358 g/mol. The number of rotatable bonds is 12. The zero-order chi connectivity index (χ0) is 19.2. The van der Waals surface area contributed by atoms with Crippen LogP contribution in [-0.2, 0) is 9.59 Å². The summed E-state index contributed by atoms with van der Waals surface area (Å²) in [7, 11) is 0. The summed E-state index contributed by atoms with van der Waals surface area (Å²) in [4.78, 5) is 22.0. The van der Waals surface area contributed by atoms with E-state index in [1.807, 2.05) is 55.5 Å². The molecule has 0 saturated carbocycles. The largest absolute Gasteiger partial charge is 0.481 e. The van der Waals surface area contributed by atoms with Crippen LogP contribution in [0.5, 0.6) is 0 Å². The Morgan fingerprint density at radius 1 is 1.15 bits per heavy atom. The van der Waals surface area contributed by atoms with Gasteiger partial charge in [-0.2, -0.15) is 0 Å². The third kappa shape index (κ3) is 9.33. The summed E-state index contributed by atoms with van der Waals surface area (Å²) in [6, 6.07) is 0. The molecule has 0 aromatic heterocycles. The van der Waals surface area contributed by atoms with E-state index in [0.717, 1.165) is 19.3 Å². The second-order valence-corrected chi connectivity index (χ2v) is 6.36. The molecule has 1 rings (SSSR count). The molecule has 1 aliphatic carbocycles. The average Bonchev–Trinajstić information content (AvgIpc) is 2.97. The molecule has 0 heterocycles. The van der Waals surface area contributed by atoms with Crippen LogP contribution in [-0.4, -0.2) is 28.1 Å². The van der Waals surface area contributed by atoms with E-state index in [2.05, 4.69) is 0 Å². The number of aliphatic hydroxyl groups excluding tert-OH is 1. The van der Waals surface area contributed by atoms with Gasteiger partial charge in [-0.3, -0.25) is 9.59 Å². The highest BCUT2D eigenvalue weighted by Crippen LogP contribution is 2.26. The summed E-state index contributed by atoms with van der Waals surface area (Å²) in [5.74, 6) is -0.458. The number of hydrogen-bond donors (Lipinski definition) is 2. The van der Waals surface area contributed by atoms with Crippen molar-refractivity contribution in [2.45, 2.75) is 51.6 Å². The predicted octanol–water partition coefficient (Wildman–Crippen LogP) is 4.39. The summed E-state index contributed by atoms with van der Waals surface area (Å²) in [6.45, 7) is 2.01. The Hall–Kier alpha value is -2.20. The number of ketones is 1. The quantitative estimate of drug-likeness (QED) is 0.507. The van der Waals surface area contributed by atoms with Gasteiger partial charge in [0.15, 0.2) is 5.78 Å². The van der Waals surface area contributed by atoms with E-state index in [1.165, 1.54) is 0 Å². The normalized spacial score (nSPS) is 21.8. The van der Waals surface area contributed by atoms with Gasteiger partial charge in [-0.25, -0.2) is 0 Å². The maximum atomic E-state index is 11.6. The van der Waals surface area contributed by atoms with Crippen LogP contribution in [0.25, 0.3) is 0 Å². The van der Waals surface area contributed by atoms with E-state index in [9.17, 15) is 14.7 Å². The van der Waals surface area contributed by atoms with Crippen LogP contribution in [0, 0.1) is 11.8 Å². The Labute approximate surface area is 156 Å². The van der Waals surface area contributed by atoms with Gasteiger partial charge in [-0.15, -0.1) is 0 Å². The van der Waals surface area contributed by atoms with Gasteiger partial charge in [0, 0.05) is 18.3 Å². The first-order valence-corrected chi connectivity index (χ1v) is 9.29. The van der Waals surface area contributed by atoms with Gasteiger partial charge in [-0.1, -0.05) is 61.6 Å². The van der Waals surface area contributed by atoms with Gasteiger partial charge in [0.05, 0.1) is 6.10 Å². The molecule has 0 aliphatic heterocycles. The Bertz CT molecular complexity index is 581. The molecule has 142 valence electrons. The van der Waals surface area contributed by atoms with E-state index in [4.69, 9.17) is 5.11 Å². The van der Waals surface area contributed by atoms with Crippen LogP contribution in [0.2, 0.25) is 0 Å². The first-order chi connectivity index (χ1) is 12.5. The minimum atomic E-state index is -0.772. The number of aliphatic carboxylic acids is 1. The number of aliphatic hydroxyl groups is 1. The molecule has 26 heavy (non-hydrogen) atoms. The Balaban J connectivity index is 2.16. The van der Waals surface area contributed by atoms with Crippen molar-refractivity contribution in [2.75, 3.05) is 0 Å². The van der Waals surface area contributed by atoms with Crippen molar-refractivity contribution in [1.29, 1.82) is 0 Å². The minimum Gasteiger partial charge on any atom is -0.481 e. The van der Waals surface area contributed by atoms with Gasteiger partial charge in [0.2, 0.25) is 0 Å². The second kappa shape index (κ2) is 13.1. The fourth-order valence-electron chi connectivity index (χ4n) is 2.76. The van der Waals surface area contributed by atoms with Crippen LogP contribution in [0.3, 0.4) is 0 Å². The van der Waals surface area contributed by atoms with E-state index < -0.39 is 12.1 Å². The summed E-state index contributed by atoms with van der Waals surface area (Å²) in [5.41, 5.74) is 0. The lowest BCUT2D eigenvalue weighted by molar-refractivity contribution is -0.136. The lowest BCUT2D eigenvalue weighted by Gasteiger charge is -2.12. The van der Waals surface area contributed by atoms with Crippen LogP contribution in [0.1, 0.15) is 45.4 Å². The van der Waals surface area contributed by atoms with Crippen molar-refractivity contribution in [3.05, 3.63) is 60.8 Å². The minimum absolute atomic E-state index is 0.0253. The number of carboxylic acids is 1. The van der Waals surface area contributed by atoms with Crippen molar-refractivity contribution < 1.29 is 19.8 Å². The molecule has 4 nitrogen and oxygen atoms in total. The highest BCUT2D eigenvalue weighted by Gasteiger charge is 2.26. The fraction of sp³-hybridized carbons (Fsp3) is 0.455. The fourth-order valence-corrected chi connectivity index (χ4v) is 2.76. The van der Waals surface area contributed by atoms with Crippen molar-refractivity contribution in [3.8, 4) is 0 Å². The molecule has 0 radical (unpaired) electrons. The molecule has 3 atom stereocenters. The molecule has 4 heteroatoms. The Kier molecular flexibility index (Phi) is 11.0. The van der Waals surface area contributed by atoms with Crippen molar-refractivity contribution >= 4 is 11.8 Å². The monoisotopic (exact) mass is 358 g/mol. The molecular weight excluding hydrogens is 328 g/mol. The Morgan fingerprint density at radius 2 is 1.81 bits per heavy atom. The van der Waals surface area contributed by atoms with Gasteiger partial charge in [0.25, 0.3) is 0 Å². The van der Waals surface area contributed by atoms with E-state index >= 15 is 0 Å². The van der Waals surface area contributed by atoms with E-state index in [1.54, 1.807) is 12.2 Å². The van der Waals surface area contributed by atoms with Gasteiger partial charge in [-0.05, 0) is 38.2 Å². The molecule has 0 saturated heterocycles. The predicted molar refractivity (Wildman–Crippen MR) is 105 cm³/mol. The second-order valence-electron chi connectivity index (χ2n) is 6.36. The van der Waals surface area contributed by atoms with Gasteiger partial charge in [0.1, 0.15) is 0 Å². The summed E-state index contributed by atoms with van der Waals surface area (Å²) < 4.78 is 0. The van der Waals surface area contributed by atoms with E-state index in [0.29, 0.717) is 12.8 Å². The molecule has 0 aromatic carbocycles. The maximum absolute atomic E-state index is 11.6. The lowest BCUT2D eigenvalue weighted by atomic mass is 9.91. The van der Waals surface area contributed by atoms with Crippen molar-refractivity contribution in [1.82, 2.24) is 0 Å². The maximum Gasteiger partial charge on any atom is 0.303 e. The van der Waals surface area contributed by atoms with Crippen LogP contribution >= 0.6 is 0 Å². The first kappa shape index (κ1) is 21.8. The molecule has 2 N–H and O–H groups in total. The molecule has 0 spiro atoms. The van der Waals surface area contributed by atoms with Crippen LogP contribution in [0.4, 0.5) is 0 Å². The van der Waals surface area contributed by atoms with Crippen LogP contribution < -0.4 is 0 Å². The van der Waals surface area contributed by atoms with Crippen molar-refractivity contribution in [2.24, 2.45) is 11.8 Å². The number of hydrogen-bond acceptors (Lipinski definition) is 3. The summed E-state index contributed by atoms with van der Waals surface area (Å²) in [5, 5.41) is 18.5.